The van der Waals surface area contributed by atoms with Crippen molar-refractivity contribution in [3.63, 3.8) is 0 Å². The molecule has 6 aromatic carbocycles. The second kappa shape index (κ2) is 9.32. The van der Waals surface area contributed by atoms with E-state index in [1.54, 1.807) is 0 Å². The van der Waals surface area contributed by atoms with Crippen molar-refractivity contribution >= 4 is 54.0 Å². The summed E-state index contributed by atoms with van der Waals surface area (Å²) in [7, 11) is 0. The number of rotatable bonds is 4. The number of para-hydroxylation sites is 2. The third-order valence-corrected chi connectivity index (χ3v) is 15.0. The summed E-state index contributed by atoms with van der Waals surface area (Å²) in [4.78, 5) is 0. The van der Waals surface area contributed by atoms with E-state index in [1.807, 2.05) is 0 Å². The van der Waals surface area contributed by atoms with Gasteiger partial charge in [0.25, 0.3) is 0 Å². The molecule has 2 nitrogen and oxygen atoms in total. The quantitative estimate of drug-likeness (QED) is 0.288. The SMILES string of the molecule is [2H]c1c([2H])c([2H])[c]([Ge]([c]2c([2H])c([2H])c([2H])c([2H])c2[2H])([c]2c([2H])c([2H])c([2H])c([2H])c2[2H])[c]2c([2H])c3c4c(c2[2H])Oc2c([2H])c([2H])c([2H])c([2H])c2B4c2c([2H])c([2H])c([2H])c([2H])c2O3)c([2H])c1[2H]. The van der Waals surface area contributed by atoms with Gasteiger partial charge in [-0.25, -0.2) is 0 Å². The molecule has 0 N–H and O–H groups in total. The van der Waals surface area contributed by atoms with E-state index in [-0.39, 0.29) is 0 Å². The van der Waals surface area contributed by atoms with Gasteiger partial charge in [-0.05, 0) is 0 Å². The molecule has 6 aromatic rings. The Bertz CT molecular complexity index is 2890. The van der Waals surface area contributed by atoms with Crippen molar-refractivity contribution in [2.24, 2.45) is 0 Å². The molecule has 0 unspecified atom stereocenters. The molecule has 2 aliphatic rings. The van der Waals surface area contributed by atoms with Crippen molar-refractivity contribution < 1.29 is 43.7 Å². The molecule has 0 saturated heterocycles. The minimum atomic E-state index is -7.16. The summed E-state index contributed by atoms with van der Waals surface area (Å²) in [5.74, 6) is -3.03. The summed E-state index contributed by atoms with van der Waals surface area (Å²) in [6, 6.07) is -25.7. The first-order valence-corrected chi connectivity index (χ1v) is 15.9. The Morgan fingerprint density at radius 1 is 0.425 bits per heavy atom. The van der Waals surface area contributed by atoms with Gasteiger partial charge in [-0.1, -0.05) is 0 Å². The molecule has 2 heterocycles. The molecule has 0 aliphatic carbocycles. The number of benzene rings is 6. The second-order valence-electron chi connectivity index (χ2n) is 8.57. The molecule has 0 saturated carbocycles. The Kier molecular flexibility index (Phi) is 2.16. The molecule has 4 heteroatoms. The molecule has 188 valence electrons. The van der Waals surface area contributed by atoms with E-state index in [9.17, 15) is 11.0 Å². The maximum absolute atomic E-state index is 10.1. The van der Waals surface area contributed by atoms with E-state index in [1.165, 1.54) is 0 Å². The van der Waals surface area contributed by atoms with E-state index >= 15 is 0 Å². The Hall–Kier alpha value is -4.47. The van der Waals surface area contributed by atoms with Crippen LogP contribution < -0.4 is 43.4 Å². The summed E-state index contributed by atoms with van der Waals surface area (Å²) in [5, 5.41) is 0. The van der Waals surface area contributed by atoms with Gasteiger partial charge < -0.3 is 0 Å². The summed E-state index contributed by atoms with van der Waals surface area (Å²) < 4.78 is 233. The zero-order valence-corrected chi connectivity index (χ0v) is 22.0. The van der Waals surface area contributed by atoms with Gasteiger partial charge in [0, 0.05) is 0 Å². The van der Waals surface area contributed by atoms with Crippen molar-refractivity contribution in [2.75, 3.05) is 0 Å². The Morgan fingerprint density at radius 2 is 0.800 bits per heavy atom. The van der Waals surface area contributed by atoms with Crippen LogP contribution in [-0.4, -0.2) is 20.0 Å². The predicted molar refractivity (Wildman–Crippen MR) is 168 cm³/mol. The number of ether oxygens (including phenoxy) is 2. The first kappa shape index (κ1) is 9.29. The fourth-order valence-electron chi connectivity index (χ4n) is 5.00. The van der Waals surface area contributed by atoms with Gasteiger partial charge in [0.2, 0.25) is 0 Å². The van der Waals surface area contributed by atoms with Crippen LogP contribution in [0.15, 0.2) is 151 Å². The molecular weight excluding hydrogens is 548 g/mol. The fraction of sp³-hybridized carbons (Fsp3) is 0. The van der Waals surface area contributed by atoms with Crippen LogP contribution in [0.1, 0.15) is 34.3 Å². The van der Waals surface area contributed by atoms with E-state index in [4.69, 9.17) is 32.8 Å². The molecule has 8 rings (SSSR count). The molecule has 0 aromatic heterocycles. The van der Waals surface area contributed by atoms with Crippen LogP contribution in [-0.2, 0) is 0 Å². The average molecular weight is 598 g/mol. The van der Waals surface area contributed by atoms with Gasteiger partial charge in [0.1, 0.15) is 0 Å². The molecule has 40 heavy (non-hydrogen) atoms. The van der Waals surface area contributed by atoms with Crippen LogP contribution in [0.25, 0.3) is 0 Å². The topological polar surface area (TPSA) is 18.5 Å². The average Bonchev–Trinajstić information content (AvgIpc) is 3.28. The van der Waals surface area contributed by atoms with Crippen LogP contribution >= 0.6 is 0 Å². The van der Waals surface area contributed by atoms with Crippen molar-refractivity contribution in [3.05, 3.63) is 151 Å². The van der Waals surface area contributed by atoms with Crippen molar-refractivity contribution in [2.45, 2.75) is 0 Å². The van der Waals surface area contributed by atoms with Crippen molar-refractivity contribution in [1.29, 1.82) is 0 Å². The van der Waals surface area contributed by atoms with E-state index in [0.717, 1.165) is 0 Å². The monoisotopic (exact) mass is 599 g/mol. The van der Waals surface area contributed by atoms with Gasteiger partial charge in [0.15, 0.2) is 0 Å². The zero-order chi connectivity index (χ0) is 48.3. The number of hydrogen-bond donors (Lipinski definition) is 0. The first-order valence-electron chi connectivity index (χ1n) is 24.2. The van der Waals surface area contributed by atoms with Gasteiger partial charge >= 0.3 is 272 Å². The molecule has 0 atom stereocenters. The van der Waals surface area contributed by atoms with E-state index in [0.29, 0.717) is 0 Å². The molecule has 0 amide bonds. The van der Waals surface area contributed by atoms with Crippen LogP contribution in [0, 0.1) is 0 Å². The Labute approximate surface area is 272 Å². The molecular formula is C36H25BGeO2. The van der Waals surface area contributed by atoms with Gasteiger partial charge in [-0.3, -0.25) is 0 Å². The minimum absolute atomic E-state index is 0.430. The molecule has 0 bridgehead atoms. The van der Waals surface area contributed by atoms with Gasteiger partial charge in [-0.2, -0.15) is 0 Å². The molecule has 0 spiro atoms. The van der Waals surface area contributed by atoms with Crippen LogP contribution in [0.2, 0.25) is 0 Å². The molecule has 2 aliphatic heterocycles. The Morgan fingerprint density at radius 3 is 1.23 bits per heavy atom. The standard InChI is InChI=1S/C36H25BGeO2/c1-4-14-26(15-5-1)38(27-16-6-2-7-17-27,28-18-8-3-9-19-28)29-24-34-36-35(25-29)40-33-23-13-11-21-31(33)37(36)30-20-10-12-22-32(30)39-34/h1-25H/i1D,2D,3D,4D,5D,6D,7D,8D,9D,10D,11D,12D,13D,14D,15D,16D,17D,18D,19D,20D,21D,22D,23D,24D,25D. The first-order chi connectivity index (χ1) is 30.2. The van der Waals surface area contributed by atoms with Crippen molar-refractivity contribution in [3.8, 4) is 23.0 Å². The summed E-state index contributed by atoms with van der Waals surface area (Å²) in [6.07, 6.45) is 0. The van der Waals surface area contributed by atoms with Crippen LogP contribution in [0.5, 0.6) is 23.0 Å². The predicted octanol–water partition coefficient (Wildman–Crippen LogP) is 3.79. The van der Waals surface area contributed by atoms with Crippen LogP contribution in [0.4, 0.5) is 0 Å². The normalized spacial score (nSPS) is 21.6. The van der Waals surface area contributed by atoms with E-state index in [2.05, 4.69) is 0 Å². The number of fused-ring (bicyclic) bond motifs is 4. The summed E-state index contributed by atoms with van der Waals surface area (Å²) >= 11 is -7.16. The molecule has 0 fully saturated rings. The Balaban J connectivity index is 1.76. The third-order valence-electron chi connectivity index (χ3n) is 6.60. The fourth-order valence-corrected chi connectivity index (χ4v) is 12.6. The second-order valence-corrected chi connectivity index (χ2v) is 15.9. The van der Waals surface area contributed by atoms with E-state index < -0.39 is 228 Å². The summed E-state index contributed by atoms with van der Waals surface area (Å²) in [5.41, 5.74) is -1.32. The maximum atomic E-state index is 10.1. The molecule has 0 radical (unpaired) electrons. The van der Waals surface area contributed by atoms with Crippen LogP contribution in [0.3, 0.4) is 0 Å². The zero-order valence-electron chi connectivity index (χ0n) is 44.9. The van der Waals surface area contributed by atoms with Gasteiger partial charge in [-0.15, -0.1) is 0 Å². The number of hydrogen-bond acceptors (Lipinski definition) is 2. The summed E-state index contributed by atoms with van der Waals surface area (Å²) in [6.45, 7) is -1.76. The van der Waals surface area contributed by atoms with Crippen molar-refractivity contribution in [1.82, 2.24) is 0 Å². The van der Waals surface area contributed by atoms with Gasteiger partial charge in [0.05, 0.1) is 0 Å². The third kappa shape index (κ3) is 3.44.